The van der Waals surface area contributed by atoms with Crippen LogP contribution in [0.15, 0.2) is 71.6 Å². The Hall–Kier alpha value is -3.39. The van der Waals surface area contributed by atoms with Gasteiger partial charge < -0.3 is 9.73 Å². The maximum absolute atomic E-state index is 12.0. The van der Waals surface area contributed by atoms with Crippen molar-refractivity contribution in [2.75, 3.05) is 16.3 Å². The fourth-order valence-electron chi connectivity index (χ4n) is 2.31. The lowest BCUT2D eigenvalue weighted by Gasteiger charge is -2.04. The first-order chi connectivity index (χ1) is 12.9. The molecule has 0 unspecified atom stereocenters. The fourth-order valence-corrected chi connectivity index (χ4v) is 2.87. The highest BCUT2D eigenvalue weighted by Crippen LogP contribution is 2.20. The number of nitrogens with one attached hydrogen (secondary N) is 2. The number of anilines is 2. The zero-order valence-electron chi connectivity index (χ0n) is 14.4. The summed E-state index contributed by atoms with van der Waals surface area (Å²) in [5.41, 5.74) is 2.75. The number of carbonyl (C=O) groups excluding carboxylic acids is 1. The molecule has 1 heterocycles. The third kappa shape index (κ3) is 5.55. The van der Waals surface area contributed by atoms with Crippen LogP contribution in [0.5, 0.6) is 0 Å². The molecule has 0 bridgehead atoms. The highest BCUT2D eigenvalue weighted by atomic mass is 32.2. The van der Waals surface area contributed by atoms with Gasteiger partial charge in [-0.05, 0) is 48.0 Å². The number of nitrogens with zero attached hydrogens (tertiary/aromatic N) is 1. The van der Waals surface area contributed by atoms with Crippen LogP contribution in [0.1, 0.15) is 5.56 Å². The van der Waals surface area contributed by atoms with Crippen molar-refractivity contribution in [1.29, 1.82) is 0 Å². The second-order valence-electron chi connectivity index (χ2n) is 5.76. The molecule has 138 valence electrons. The number of sulfonamides is 1. The third-order valence-electron chi connectivity index (χ3n) is 3.51. The lowest BCUT2D eigenvalue weighted by molar-refractivity contribution is -0.111. The van der Waals surface area contributed by atoms with E-state index in [4.69, 9.17) is 4.42 Å². The van der Waals surface area contributed by atoms with E-state index < -0.39 is 10.0 Å². The van der Waals surface area contributed by atoms with Crippen LogP contribution in [0, 0.1) is 0 Å². The van der Waals surface area contributed by atoms with Gasteiger partial charge in [0.2, 0.25) is 15.9 Å². The van der Waals surface area contributed by atoms with Crippen LogP contribution >= 0.6 is 0 Å². The van der Waals surface area contributed by atoms with Gasteiger partial charge in [-0.1, -0.05) is 12.1 Å². The molecular formula is C19H17N3O4S. The van der Waals surface area contributed by atoms with Crippen LogP contribution in [0.25, 0.3) is 17.4 Å². The summed E-state index contributed by atoms with van der Waals surface area (Å²) < 4.78 is 29.9. The number of hydrogen-bond donors (Lipinski definition) is 2. The van der Waals surface area contributed by atoms with Crippen LogP contribution in [-0.2, 0) is 14.8 Å². The smallest absolute Gasteiger partial charge is 0.248 e. The van der Waals surface area contributed by atoms with E-state index in [-0.39, 0.29) is 5.91 Å². The van der Waals surface area contributed by atoms with Crippen molar-refractivity contribution >= 4 is 33.4 Å². The van der Waals surface area contributed by atoms with Gasteiger partial charge in [-0.15, -0.1) is 0 Å². The number of hydrogen-bond acceptors (Lipinski definition) is 5. The normalized spacial score (nSPS) is 11.4. The van der Waals surface area contributed by atoms with Crippen molar-refractivity contribution in [2.24, 2.45) is 0 Å². The van der Waals surface area contributed by atoms with Crippen molar-refractivity contribution in [3.8, 4) is 11.3 Å². The van der Waals surface area contributed by atoms with Crippen molar-refractivity contribution < 1.29 is 17.6 Å². The summed E-state index contributed by atoms with van der Waals surface area (Å²) in [6.07, 6.45) is 7.11. The average molecular weight is 383 g/mol. The van der Waals surface area contributed by atoms with Gasteiger partial charge in [0.15, 0.2) is 12.2 Å². The zero-order chi connectivity index (χ0) is 19.3. The number of benzene rings is 2. The van der Waals surface area contributed by atoms with Crippen molar-refractivity contribution in [2.45, 2.75) is 0 Å². The van der Waals surface area contributed by atoms with Gasteiger partial charge in [0.1, 0.15) is 0 Å². The summed E-state index contributed by atoms with van der Waals surface area (Å²) in [6, 6.07) is 13.9. The Labute approximate surface area is 156 Å². The van der Waals surface area contributed by atoms with Crippen LogP contribution in [0.2, 0.25) is 0 Å². The average Bonchev–Trinajstić information content (AvgIpc) is 3.15. The Bertz CT molecular complexity index is 1040. The van der Waals surface area contributed by atoms with Gasteiger partial charge in [-0.3, -0.25) is 9.52 Å². The van der Waals surface area contributed by atoms with Crippen LogP contribution < -0.4 is 10.0 Å². The van der Waals surface area contributed by atoms with Crippen LogP contribution in [0.3, 0.4) is 0 Å². The Balaban J connectivity index is 1.58. The van der Waals surface area contributed by atoms with E-state index in [1.54, 1.807) is 48.7 Å². The molecule has 0 aliphatic rings. The molecule has 1 amide bonds. The number of oxazole rings is 1. The van der Waals surface area contributed by atoms with E-state index in [1.807, 2.05) is 12.1 Å². The quantitative estimate of drug-likeness (QED) is 0.636. The summed E-state index contributed by atoms with van der Waals surface area (Å²) in [5, 5.41) is 2.76. The Morgan fingerprint density at radius 3 is 2.30 bits per heavy atom. The summed E-state index contributed by atoms with van der Waals surface area (Å²) in [7, 11) is -3.31. The van der Waals surface area contributed by atoms with Crippen LogP contribution in [-0.4, -0.2) is 25.6 Å². The second-order valence-corrected chi connectivity index (χ2v) is 7.51. The van der Waals surface area contributed by atoms with E-state index in [0.29, 0.717) is 17.1 Å². The van der Waals surface area contributed by atoms with Gasteiger partial charge in [0, 0.05) is 23.0 Å². The Morgan fingerprint density at radius 1 is 1.04 bits per heavy atom. The van der Waals surface area contributed by atoms with E-state index >= 15 is 0 Å². The molecule has 0 saturated heterocycles. The maximum Gasteiger partial charge on any atom is 0.248 e. The Morgan fingerprint density at radius 2 is 1.70 bits per heavy atom. The third-order valence-corrected chi connectivity index (χ3v) is 4.12. The fraction of sp³-hybridized carbons (Fsp3) is 0.0526. The SMILES string of the molecule is CS(=O)(=O)Nc1ccc(C=CC(=O)Nc2ccc(-c3cnco3)cc2)cc1. The van der Waals surface area contributed by atoms with Gasteiger partial charge in [0.25, 0.3) is 0 Å². The molecule has 2 N–H and O–H groups in total. The van der Waals surface area contributed by atoms with E-state index in [9.17, 15) is 13.2 Å². The van der Waals surface area contributed by atoms with Crippen molar-refractivity contribution in [3.05, 3.63) is 72.8 Å². The predicted octanol–water partition coefficient (Wildman–Crippen LogP) is 3.37. The minimum absolute atomic E-state index is 0.277. The molecule has 0 radical (unpaired) electrons. The van der Waals surface area contributed by atoms with Gasteiger partial charge in [0.05, 0.1) is 12.5 Å². The summed E-state index contributed by atoms with van der Waals surface area (Å²) >= 11 is 0. The Kier molecular flexibility index (Phi) is 5.37. The highest BCUT2D eigenvalue weighted by molar-refractivity contribution is 7.92. The topological polar surface area (TPSA) is 101 Å². The molecule has 8 heteroatoms. The van der Waals surface area contributed by atoms with E-state index in [2.05, 4.69) is 15.0 Å². The molecule has 2 aromatic carbocycles. The number of aromatic nitrogens is 1. The molecule has 0 atom stereocenters. The minimum Gasteiger partial charge on any atom is -0.444 e. The summed E-state index contributed by atoms with van der Waals surface area (Å²) in [4.78, 5) is 15.9. The van der Waals surface area contributed by atoms with Gasteiger partial charge in [-0.25, -0.2) is 13.4 Å². The molecule has 3 rings (SSSR count). The van der Waals surface area contributed by atoms with E-state index in [0.717, 1.165) is 17.4 Å². The van der Waals surface area contributed by atoms with Crippen LogP contribution in [0.4, 0.5) is 11.4 Å². The molecule has 1 aromatic heterocycles. The summed E-state index contributed by atoms with van der Waals surface area (Å²) in [6.45, 7) is 0. The molecule has 7 nitrogen and oxygen atoms in total. The molecule has 3 aromatic rings. The van der Waals surface area contributed by atoms with Crippen molar-refractivity contribution in [1.82, 2.24) is 4.98 Å². The molecule has 0 aliphatic heterocycles. The molecule has 0 saturated carbocycles. The number of rotatable bonds is 6. The standard InChI is InChI=1S/C19H17N3O4S/c1-27(24,25)22-17-7-2-14(3-8-17)4-11-19(23)21-16-9-5-15(6-10-16)18-12-20-13-26-18/h2-13,22H,1H3,(H,21,23). The first kappa shape index (κ1) is 18.4. The maximum atomic E-state index is 12.0. The summed E-state index contributed by atoms with van der Waals surface area (Å²) in [5.74, 6) is 0.377. The minimum atomic E-state index is -3.31. The van der Waals surface area contributed by atoms with Crippen molar-refractivity contribution in [3.63, 3.8) is 0 Å². The highest BCUT2D eigenvalue weighted by Gasteiger charge is 2.03. The number of amides is 1. The molecule has 0 fully saturated rings. The zero-order valence-corrected chi connectivity index (χ0v) is 15.2. The molecule has 27 heavy (non-hydrogen) atoms. The van der Waals surface area contributed by atoms with Gasteiger partial charge >= 0.3 is 0 Å². The first-order valence-corrected chi connectivity index (χ1v) is 9.84. The lowest BCUT2D eigenvalue weighted by atomic mass is 10.1. The lowest BCUT2D eigenvalue weighted by Crippen LogP contribution is -2.09. The molecule has 0 aliphatic carbocycles. The van der Waals surface area contributed by atoms with Gasteiger partial charge in [-0.2, -0.15) is 0 Å². The largest absolute Gasteiger partial charge is 0.444 e. The second kappa shape index (κ2) is 7.88. The molecular weight excluding hydrogens is 366 g/mol. The molecule has 0 spiro atoms. The van der Waals surface area contributed by atoms with E-state index in [1.165, 1.54) is 12.5 Å². The predicted molar refractivity (Wildman–Crippen MR) is 105 cm³/mol. The number of carbonyl (C=O) groups is 1. The first-order valence-electron chi connectivity index (χ1n) is 7.95. The monoisotopic (exact) mass is 383 g/mol.